The second-order valence-electron chi connectivity index (χ2n) is 7.84. The van der Waals surface area contributed by atoms with Gasteiger partial charge in [-0.15, -0.1) is 0 Å². The molecule has 1 aliphatic rings. The van der Waals surface area contributed by atoms with Crippen molar-refractivity contribution in [1.82, 2.24) is 0 Å². The van der Waals surface area contributed by atoms with Crippen molar-refractivity contribution >= 4 is 11.6 Å². The third kappa shape index (κ3) is 7.20. The Balaban J connectivity index is 2.87. The molecule has 0 amide bonds. The molecule has 0 aromatic rings. The molecule has 0 aliphatic heterocycles. The van der Waals surface area contributed by atoms with Gasteiger partial charge in [0.15, 0.2) is 5.78 Å². The minimum Gasteiger partial charge on any atom is -0.299 e. The molecule has 0 bridgehead atoms. The zero-order chi connectivity index (χ0) is 16.8. The lowest BCUT2D eigenvalue weighted by Crippen LogP contribution is -2.11. The van der Waals surface area contributed by atoms with Gasteiger partial charge in [-0.05, 0) is 37.2 Å². The zero-order valence-electron chi connectivity index (χ0n) is 14.9. The largest absolute Gasteiger partial charge is 0.299 e. The van der Waals surface area contributed by atoms with Crippen LogP contribution < -0.4 is 0 Å². The van der Waals surface area contributed by atoms with Crippen molar-refractivity contribution in [2.45, 2.75) is 73.1 Å². The smallest absolute Gasteiger partial charge is 0.158 e. The number of carbonyl (C=O) groups is 2. The molecule has 1 aliphatic carbocycles. The highest BCUT2D eigenvalue weighted by Crippen LogP contribution is 2.26. The Morgan fingerprint density at radius 2 is 1.82 bits per heavy atom. The van der Waals surface area contributed by atoms with E-state index in [-0.39, 0.29) is 17.1 Å². The Hall–Kier alpha value is -1.18. The highest BCUT2D eigenvalue weighted by Gasteiger charge is 2.17. The molecular formula is C20H32O2. The van der Waals surface area contributed by atoms with Gasteiger partial charge in [-0.2, -0.15) is 0 Å². The van der Waals surface area contributed by atoms with Gasteiger partial charge in [0.2, 0.25) is 0 Å². The molecule has 0 spiro atoms. The molecule has 2 atom stereocenters. The van der Waals surface area contributed by atoms with Crippen LogP contribution in [0.2, 0.25) is 0 Å². The molecule has 22 heavy (non-hydrogen) atoms. The quantitative estimate of drug-likeness (QED) is 0.571. The third-order valence-electron chi connectivity index (χ3n) is 4.55. The minimum atomic E-state index is -0.0485. The maximum atomic E-state index is 12.2. The average molecular weight is 304 g/mol. The predicted molar refractivity (Wildman–Crippen MR) is 92.7 cm³/mol. The molecule has 0 unspecified atom stereocenters. The first-order chi connectivity index (χ1) is 10.2. The van der Waals surface area contributed by atoms with E-state index in [1.54, 1.807) is 6.08 Å². The Morgan fingerprint density at radius 3 is 2.50 bits per heavy atom. The van der Waals surface area contributed by atoms with Gasteiger partial charge in [-0.3, -0.25) is 9.59 Å². The van der Waals surface area contributed by atoms with Crippen molar-refractivity contribution in [2.75, 3.05) is 0 Å². The molecule has 0 radical (unpaired) electrons. The first-order valence-electron chi connectivity index (χ1n) is 8.60. The molecule has 1 rings (SSSR count). The van der Waals surface area contributed by atoms with E-state index in [0.29, 0.717) is 24.5 Å². The van der Waals surface area contributed by atoms with E-state index in [1.165, 1.54) is 0 Å². The highest BCUT2D eigenvalue weighted by molar-refractivity contribution is 5.91. The SMILES string of the molecule is CC1=CCC(C)(C)C=CC(=O)[C@@H](C)CCC[C@H](C)CC(=O)C1. The molecule has 0 fully saturated rings. The molecule has 124 valence electrons. The van der Waals surface area contributed by atoms with E-state index in [0.717, 1.165) is 31.3 Å². The highest BCUT2D eigenvalue weighted by atomic mass is 16.1. The Bertz CT molecular complexity index is 454. The van der Waals surface area contributed by atoms with Gasteiger partial charge in [-0.1, -0.05) is 58.3 Å². The van der Waals surface area contributed by atoms with E-state index in [4.69, 9.17) is 0 Å². The van der Waals surface area contributed by atoms with Gasteiger partial charge in [-0.25, -0.2) is 0 Å². The molecule has 0 heterocycles. The third-order valence-corrected chi connectivity index (χ3v) is 4.55. The summed E-state index contributed by atoms with van der Waals surface area (Å²) in [5, 5.41) is 0. The van der Waals surface area contributed by atoms with Crippen LogP contribution in [0.15, 0.2) is 23.8 Å². The topological polar surface area (TPSA) is 34.1 Å². The number of Topliss-reactive ketones (excluding diaryl/α,β-unsaturated/α-hetero) is 1. The normalized spacial score (nSPS) is 28.7. The molecule has 0 saturated heterocycles. The second kappa shape index (κ2) is 8.45. The summed E-state index contributed by atoms with van der Waals surface area (Å²) in [6.45, 7) is 10.5. The molecule has 0 aromatic heterocycles. The van der Waals surface area contributed by atoms with Crippen LogP contribution in [0.3, 0.4) is 0 Å². The lowest BCUT2D eigenvalue weighted by molar-refractivity contribution is -0.119. The Labute approximate surface area is 136 Å². The van der Waals surface area contributed by atoms with Crippen LogP contribution in [0.4, 0.5) is 0 Å². The van der Waals surface area contributed by atoms with Crippen molar-refractivity contribution in [3.63, 3.8) is 0 Å². The van der Waals surface area contributed by atoms with E-state index < -0.39 is 0 Å². The van der Waals surface area contributed by atoms with Crippen molar-refractivity contribution in [2.24, 2.45) is 17.3 Å². The number of rotatable bonds is 0. The fraction of sp³-hybridized carbons (Fsp3) is 0.700. The van der Waals surface area contributed by atoms with Crippen LogP contribution in [0.5, 0.6) is 0 Å². The van der Waals surface area contributed by atoms with E-state index in [1.807, 2.05) is 19.9 Å². The summed E-state index contributed by atoms with van der Waals surface area (Å²) in [4.78, 5) is 24.3. The van der Waals surface area contributed by atoms with Crippen LogP contribution in [-0.4, -0.2) is 11.6 Å². The van der Waals surface area contributed by atoms with Gasteiger partial charge < -0.3 is 0 Å². The van der Waals surface area contributed by atoms with Crippen molar-refractivity contribution in [1.29, 1.82) is 0 Å². The first kappa shape index (κ1) is 18.9. The zero-order valence-corrected chi connectivity index (χ0v) is 14.9. The number of allylic oxidation sites excluding steroid dienone is 4. The summed E-state index contributed by atoms with van der Waals surface area (Å²) >= 11 is 0. The Kier molecular flexibility index (Phi) is 7.25. The first-order valence-corrected chi connectivity index (χ1v) is 8.60. The molecule has 2 nitrogen and oxygen atoms in total. The van der Waals surface area contributed by atoms with Crippen LogP contribution in [0.1, 0.15) is 73.1 Å². The van der Waals surface area contributed by atoms with Crippen molar-refractivity contribution in [3.05, 3.63) is 23.8 Å². The summed E-state index contributed by atoms with van der Waals surface area (Å²) in [6.07, 6.45) is 11.0. The minimum absolute atomic E-state index is 0.0485. The van der Waals surface area contributed by atoms with Crippen molar-refractivity contribution < 1.29 is 9.59 Å². The number of hydrogen-bond acceptors (Lipinski definition) is 2. The van der Waals surface area contributed by atoms with Crippen LogP contribution >= 0.6 is 0 Å². The molecule has 2 heteroatoms. The average Bonchev–Trinajstić information content (AvgIpc) is 2.41. The summed E-state index contributed by atoms with van der Waals surface area (Å²) in [5.74, 6) is 1.07. The fourth-order valence-electron chi connectivity index (χ4n) is 2.84. The monoisotopic (exact) mass is 304 g/mol. The summed E-state index contributed by atoms with van der Waals surface area (Å²) < 4.78 is 0. The number of carbonyl (C=O) groups excluding carboxylic acids is 2. The molecule has 0 aromatic carbocycles. The summed E-state index contributed by atoms with van der Waals surface area (Å²) in [7, 11) is 0. The summed E-state index contributed by atoms with van der Waals surface area (Å²) in [5.41, 5.74) is 1.10. The molecule has 0 N–H and O–H groups in total. The van der Waals surface area contributed by atoms with Crippen LogP contribution in [0, 0.1) is 17.3 Å². The predicted octanol–water partition coefficient (Wildman–Crippen LogP) is 5.28. The maximum Gasteiger partial charge on any atom is 0.158 e. The molecular weight excluding hydrogens is 272 g/mol. The maximum absolute atomic E-state index is 12.2. The van der Waals surface area contributed by atoms with Gasteiger partial charge in [0.25, 0.3) is 0 Å². The second-order valence-corrected chi connectivity index (χ2v) is 7.84. The van der Waals surface area contributed by atoms with E-state index in [9.17, 15) is 9.59 Å². The lowest BCUT2D eigenvalue weighted by Gasteiger charge is -2.18. The van der Waals surface area contributed by atoms with E-state index >= 15 is 0 Å². The number of ketones is 2. The lowest BCUT2D eigenvalue weighted by atomic mass is 9.86. The molecule has 0 saturated carbocycles. The van der Waals surface area contributed by atoms with Gasteiger partial charge in [0.05, 0.1) is 0 Å². The van der Waals surface area contributed by atoms with Crippen molar-refractivity contribution in [3.8, 4) is 0 Å². The number of hydrogen-bond donors (Lipinski definition) is 0. The van der Waals surface area contributed by atoms with Gasteiger partial charge >= 0.3 is 0 Å². The van der Waals surface area contributed by atoms with Crippen LogP contribution in [0.25, 0.3) is 0 Å². The van der Waals surface area contributed by atoms with Gasteiger partial charge in [0.1, 0.15) is 5.78 Å². The Morgan fingerprint density at radius 1 is 1.14 bits per heavy atom. The fourth-order valence-corrected chi connectivity index (χ4v) is 2.84. The standard InChI is InChI=1S/C20H32O2/c1-15-7-6-8-17(3)19(22)10-12-20(4,5)11-9-16(2)14-18(21)13-15/h9-10,12,15,17H,6-8,11,13-14H2,1-5H3/t15-,17-/m0/s1. The van der Waals surface area contributed by atoms with Crippen LogP contribution in [-0.2, 0) is 9.59 Å². The summed E-state index contributed by atoms with van der Waals surface area (Å²) in [6, 6.07) is 0. The van der Waals surface area contributed by atoms with E-state index in [2.05, 4.69) is 26.8 Å². The van der Waals surface area contributed by atoms with Gasteiger partial charge in [0, 0.05) is 18.8 Å².